The highest BCUT2D eigenvalue weighted by molar-refractivity contribution is 5.94. The molecule has 3 amide bonds. The number of H-pyrrole nitrogens is 1. The molecule has 33 heavy (non-hydrogen) atoms. The lowest BCUT2D eigenvalue weighted by Crippen LogP contribution is -2.61. The van der Waals surface area contributed by atoms with Crippen LogP contribution in [0, 0.1) is 5.92 Å². The monoisotopic (exact) mass is 470 g/mol. The third-order valence-corrected chi connectivity index (χ3v) is 5.23. The van der Waals surface area contributed by atoms with Crippen molar-refractivity contribution in [3.63, 3.8) is 0 Å². The Morgan fingerprint density at radius 3 is 1.94 bits per heavy atom. The van der Waals surface area contributed by atoms with Crippen molar-refractivity contribution in [2.45, 2.75) is 76.9 Å². The van der Waals surface area contributed by atoms with Crippen LogP contribution < -0.4 is 21.7 Å². The number of aliphatic carboxylic acids is 1. The van der Waals surface area contributed by atoms with Gasteiger partial charge < -0.3 is 42.0 Å². The minimum atomic E-state index is -1.64. The predicted molar refractivity (Wildman–Crippen MR) is 117 cm³/mol. The number of amides is 3. The van der Waals surface area contributed by atoms with E-state index in [4.69, 9.17) is 10.8 Å². The molecule has 7 unspecified atom stereocenters. The summed E-state index contributed by atoms with van der Waals surface area (Å²) in [5.41, 5.74) is 6.57. The lowest BCUT2D eigenvalue weighted by atomic mass is 9.97. The van der Waals surface area contributed by atoms with Crippen molar-refractivity contribution in [2.24, 2.45) is 11.7 Å². The van der Waals surface area contributed by atoms with E-state index >= 15 is 0 Å². The van der Waals surface area contributed by atoms with Gasteiger partial charge in [0.1, 0.15) is 12.1 Å². The molecule has 1 aromatic rings. The summed E-state index contributed by atoms with van der Waals surface area (Å²) in [6.07, 6.45) is 0.824. The fraction of sp³-hybridized carbons (Fsp3) is 0.650. The number of aromatic nitrogens is 2. The minimum absolute atomic E-state index is 0.162. The number of imidazole rings is 1. The van der Waals surface area contributed by atoms with Gasteiger partial charge in [0.05, 0.1) is 24.6 Å². The average molecular weight is 471 g/mol. The summed E-state index contributed by atoms with van der Waals surface area (Å²) in [6, 6.07) is -5.21. The average Bonchev–Trinajstić information content (AvgIpc) is 3.25. The third kappa shape index (κ3) is 8.44. The minimum Gasteiger partial charge on any atom is -0.480 e. The quantitative estimate of drug-likeness (QED) is 0.154. The van der Waals surface area contributed by atoms with Gasteiger partial charge >= 0.3 is 5.97 Å². The van der Waals surface area contributed by atoms with Gasteiger partial charge in [0.15, 0.2) is 6.04 Å². The van der Waals surface area contributed by atoms with Crippen LogP contribution in [0.2, 0.25) is 0 Å². The van der Waals surface area contributed by atoms with Crippen molar-refractivity contribution in [2.75, 3.05) is 0 Å². The summed E-state index contributed by atoms with van der Waals surface area (Å²) in [5.74, 6) is -4.18. The maximum Gasteiger partial charge on any atom is 0.328 e. The normalized spacial score (nSPS) is 17.5. The van der Waals surface area contributed by atoms with Crippen molar-refractivity contribution in [1.29, 1.82) is 0 Å². The van der Waals surface area contributed by atoms with Gasteiger partial charge in [-0.05, 0) is 19.8 Å². The van der Waals surface area contributed by atoms with Crippen molar-refractivity contribution in [3.05, 3.63) is 18.2 Å². The summed E-state index contributed by atoms with van der Waals surface area (Å²) >= 11 is 0. The number of aliphatic hydroxyl groups is 2. The molecule has 13 heteroatoms. The number of aromatic amines is 1. The van der Waals surface area contributed by atoms with Crippen LogP contribution in [0.25, 0.3) is 0 Å². The van der Waals surface area contributed by atoms with E-state index in [1.165, 1.54) is 26.4 Å². The van der Waals surface area contributed by atoms with E-state index in [1.807, 2.05) is 0 Å². The third-order valence-electron chi connectivity index (χ3n) is 5.23. The van der Waals surface area contributed by atoms with Crippen LogP contribution in [-0.4, -0.2) is 85.4 Å². The van der Waals surface area contributed by atoms with Gasteiger partial charge in [0.25, 0.3) is 0 Å². The molecule has 0 aliphatic rings. The molecule has 1 heterocycles. The first-order chi connectivity index (χ1) is 15.4. The van der Waals surface area contributed by atoms with Gasteiger partial charge in [-0.15, -0.1) is 0 Å². The number of carbonyl (C=O) groups excluding carboxylic acids is 3. The topological polar surface area (TPSA) is 220 Å². The molecule has 0 bridgehead atoms. The van der Waals surface area contributed by atoms with E-state index in [-0.39, 0.29) is 12.3 Å². The number of carboxylic acids is 1. The highest BCUT2D eigenvalue weighted by Gasteiger charge is 2.35. The van der Waals surface area contributed by atoms with Crippen molar-refractivity contribution in [3.8, 4) is 0 Å². The number of aliphatic hydroxyl groups excluding tert-OH is 2. The molecule has 186 valence electrons. The molecule has 13 nitrogen and oxygen atoms in total. The smallest absolute Gasteiger partial charge is 0.328 e. The summed E-state index contributed by atoms with van der Waals surface area (Å²) in [5, 5.41) is 35.7. The number of carbonyl (C=O) groups is 4. The van der Waals surface area contributed by atoms with Crippen molar-refractivity contribution in [1.82, 2.24) is 25.9 Å². The molecule has 0 aliphatic heterocycles. The van der Waals surface area contributed by atoms with E-state index in [9.17, 15) is 29.4 Å². The number of hydrogen-bond acceptors (Lipinski definition) is 8. The highest BCUT2D eigenvalue weighted by atomic mass is 16.4. The molecule has 7 atom stereocenters. The molecule has 0 aromatic carbocycles. The SMILES string of the molecule is CCC(C)C(NC(=O)C(N)Cc1cnc[nH]1)C(=O)NC(C(=O)NC(C(=O)O)C(C)O)C(C)O. The Morgan fingerprint density at radius 2 is 1.48 bits per heavy atom. The summed E-state index contributed by atoms with van der Waals surface area (Å²) in [6.45, 7) is 5.94. The largest absolute Gasteiger partial charge is 0.480 e. The Morgan fingerprint density at radius 1 is 0.970 bits per heavy atom. The van der Waals surface area contributed by atoms with Crippen LogP contribution in [0.4, 0.5) is 0 Å². The predicted octanol–water partition coefficient (Wildman–Crippen LogP) is -2.37. The lowest BCUT2D eigenvalue weighted by molar-refractivity contribution is -0.146. The van der Waals surface area contributed by atoms with E-state index in [0.717, 1.165) is 0 Å². The molecule has 0 saturated heterocycles. The second-order valence-electron chi connectivity index (χ2n) is 8.05. The van der Waals surface area contributed by atoms with Gasteiger partial charge in [0, 0.05) is 18.3 Å². The van der Waals surface area contributed by atoms with Crippen LogP contribution in [0.15, 0.2) is 12.5 Å². The van der Waals surface area contributed by atoms with Crippen LogP contribution in [-0.2, 0) is 25.6 Å². The molecule has 1 aromatic heterocycles. The molecule has 0 spiro atoms. The van der Waals surface area contributed by atoms with Gasteiger partial charge in [0.2, 0.25) is 17.7 Å². The maximum atomic E-state index is 13.0. The van der Waals surface area contributed by atoms with Gasteiger partial charge in [-0.25, -0.2) is 9.78 Å². The molecule has 1 rings (SSSR count). The van der Waals surface area contributed by atoms with Crippen LogP contribution in [0.3, 0.4) is 0 Å². The first-order valence-electron chi connectivity index (χ1n) is 10.6. The molecular weight excluding hydrogens is 436 g/mol. The Kier molecular flexibility index (Phi) is 10.9. The summed E-state index contributed by atoms with van der Waals surface area (Å²) in [7, 11) is 0. The van der Waals surface area contributed by atoms with Gasteiger partial charge in [-0.3, -0.25) is 14.4 Å². The zero-order valence-electron chi connectivity index (χ0n) is 19.1. The highest BCUT2D eigenvalue weighted by Crippen LogP contribution is 2.10. The maximum absolute atomic E-state index is 13.0. The van der Waals surface area contributed by atoms with Crippen molar-refractivity contribution < 1.29 is 34.5 Å². The molecule has 0 aliphatic carbocycles. The molecule has 0 fully saturated rings. The lowest BCUT2D eigenvalue weighted by Gasteiger charge is -2.29. The zero-order chi connectivity index (χ0) is 25.3. The summed E-state index contributed by atoms with van der Waals surface area (Å²) < 4.78 is 0. The number of nitrogens with two attached hydrogens (primary N) is 1. The first kappa shape index (κ1) is 28.0. The van der Waals surface area contributed by atoms with E-state index < -0.39 is 60.1 Å². The fourth-order valence-electron chi connectivity index (χ4n) is 2.97. The number of rotatable bonds is 13. The standard InChI is InChI=1S/C20H34N6O7/c1-5-9(2)14(24-17(29)13(21)6-12-7-22-8-23-12)18(30)25-15(10(3)27)19(31)26-16(11(4)28)20(32)33/h7-11,13-16,27-28H,5-6,21H2,1-4H3,(H,22,23)(H,24,29)(H,25,30)(H,26,31)(H,32,33). The Bertz CT molecular complexity index is 799. The van der Waals surface area contributed by atoms with E-state index in [0.29, 0.717) is 12.1 Å². The number of nitrogens with zero attached hydrogens (tertiary/aromatic N) is 1. The molecule has 0 saturated carbocycles. The van der Waals surface area contributed by atoms with E-state index in [2.05, 4.69) is 25.9 Å². The van der Waals surface area contributed by atoms with Crippen LogP contribution in [0.5, 0.6) is 0 Å². The Labute approximate surface area is 191 Å². The number of hydrogen-bond donors (Lipinski definition) is 8. The number of carboxylic acid groups (broad SMARTS) is 1. The second-order valence-corrected chi connectivity index (χ2v) is 8.05. The van der Waals surface area contributed by atoms with Gasteiger partial charge in [-0.1, -0.05) is 20.3 Å². The van der Waals surface area contributed by atoms with Crippen molar-refractivity contribution >= 4 is 23.7 Å². The zero-order valence-corrected chi connectivity index (χ0v) is 19.1. The molecule has 0 radical (unpaired) electrons. The first-order valence-corrected chi connectivity index (χ1v) is 10.6. The Hall–Kier alpha value is -3.03. The van der Waals surface area contributed by atoms with Gasteiger partial charge in [-0.2, -0.15) is 0 Å². The molecule has 9 N–H and O–H groups in total. The van der Waals surface area contributed by atoms with Crippen LogP contribution in [0.1, 0.15) is 39.8 Å². The molecular formula is C20H34N6O7. The number of nitrogens with one attached hydrogen (secondary N) is 4. The van der Waals surface area contributed by atoms with Crippen LogP contribution >= 0.6 is 0 Å². The fourth-order valence-corrected chi connectivity index (χ4v) is 2.97. The Balaban J connectivity index is 2.93. The van der Waals surface area contributed by atoms with E-state index in [1.54, 1.807) is 13.8 Å². The second kappa shape index (κ2) is 12.9. The summed E-state index contributed by atoms with van der Waals surface area (Å²) in [4.78, 5) is 56.0.